The van der Waals surface area contributed by atoms with Crippen molar-refractivity contribution in [3.05, 3.63) is 0 Å². The molecule has 1 radical (unpaired) electrons. The molecule has 0 rings (SSSR count). The average Bonchev–Trinajstić information content (AvgIpc) is 2.09. The van der Waals surface area contributed by atoms with Gasteiger partial charge >= 0.3 is 0 Å². The number of hydrogen-bond donors (Lipinski definition) is 0. The van der Waals surface area contributed by atoms with Crippen LogP contribution in [0.5, 0.6) is 0 Å². The average molecular weight is 206 g/mol. The maximum absolute atomic E-state index is 11.2. The van der Waals surface area contributed by atoms with Crippen molar-refractivity contribution in [3.63, 3.8) is 0 Å². The van der Waals surface area contributed by atoms with Gasteiger partial charge in [-0.1, -0.05) is 33.1 Å². The van der Waals surface area contributed by atoms with Gasteiger partial charge in [-0.2, -0.15) is 0 Å². The van der Waals surface area contributed by atoms with E-state index in [0.29, 0.717) is 6.54 Å². The van der Waals surface area contributed by atoms with Crippen molar-refractivity contribution in [1.82, 2.24) is 4.72 Å². The number of nitrogens with zero attached hydrogens (tertiary/aromatic N) is 1. The monoisotopic (exact) mass is 206 g/mol. The van der Waals surface area contributed by atoms with E-state index in [1.807, 2.05) is 6.92 Å². The zero-order chi connectivity index (χ0) is 10.2. The molecule has 0 aliphatic heterocycles. The Bertz CT molecular complexity index is 200. The molecule has 0 aromatic carbocycles. The summed E-state index contributed by atoms with van der Waals surface area (Å²) in [5.74, 6) is 0.218. The van der Waals surface area contributed by atoms with Crippen molar-refractivity contribution in [2.24, 2.45) is 0 Å². The predicted molar refractivity (Wildman–Crippen MR) is 55.2 cm³/mol. The van der Waals surface area contributed by atoms with Gasteiger partial charge in [-0.05, 0) is 12.8 Å². The zero-order valence-electron chi connectivity index (χ0n) is 8.62. The van der Waals surface area contributed by atoms with Crippen LogP contribution in [0.25, 0.3) is 0 Å². The van der Waals surface area contributed by atoms with Crippen molar-refractivity contribution >= 4 is 10.0 Å². The molecule has 4 heteroatoms. The maximum Gasteiger partial charge on any atom is 0.227 e. The van der Waals surface area contributed by atoms with Crippen LogP contribution >= 0.6 is 0 Å². The van der Waals surface area contributed by atoms with Gasteiger partial charge in [0.05, 0.1) is 5.75 Å². The first-order valence-corrected chi connectivity index (χ1v) is 6.64. The molecule has 0 fully saturated rings. The van der Waals surface area contributed by atoms with Crippen LogP contribution in [0.3, 0.4) is 0 Å². The summed E-state index contributed by atoms with van der Waals surface area (Å²) in [5.41, 5.74) is 0. The molecular weight excluding hydrogens is 186 g/mol. The minimum atomic E-state index is -3.10. The summed E-state index contributed by atoms with van der Waals surface area (Å²) in [4.78, 5) is 0. The lowest BCUT2D eigenvalue weighted by atomic mass is 10.3. The zero-order valence-corrected chi connectivity index (χ0v) is 9.44. The van der Waals surface area contributed by atoms with Crippen LogP contribution in [0.2, 0.25) is 0 Å². The molecule has 0 aliphatic rings. The highest BCUT2D eigenvalue weighted by atomic mass is 32.2. The second kappa shape index (κ2) is 7.33. The summed E-state index contributed by atoms with van der Waals surface area (Å²) in [7, 11) is -3.10. The molecule has 0 N–H and O–H groups in total. The molecule has 0 amide bonds. The van der Waals surface area contributed by atoms with Crippen LogP contribution in [-0.4, -0.2) is 20.7 Å². The van der Waals surface area contributed by atoms with Crippen LogP contribution in [-0.2, 0) is 10.0 Å². The highest BCUT2D eigenvalue weighted by molar-refractivity contribution is 7.89. The molecule has 0 spiro atoms. The summed E-state index contributed by atoms with van der Waals surface area (Å²) >= 11 is 0. The summed E-state index contributed by atoms with van der Waals surface area (Å²) in [6.07, 6.45) is 4.68. The third-order valence-electron chi connectivity index (χ3n) is 1.81. The lowest BCUT2D eigenvalue weighted by Gasteiger charge is -2.02. The van der Waals surface area contributed by atoms with Gasteiger partial charge in [0.2, 0.25) is 10.0 Å². The summed E-state index contributed by atoms with van der Waals surface area (Å²) in [6.45, 7) is 4.54. The van der Waals surface area contributed by atoms with Crippen LogP contribution in [0.4, 0.5) is 0 Å². The Morgan fingerprint density at radius 2 is 1.62 bits per heavy atom. The Morgan fingerprint density at radius 3 is 2.15 bits per heavy atom. The highest BCUT2D eigenvalue weighted by Crippen LogP contribution is 1.97. The fourth-order valence-electron chi connectivity index (χ4n) is 0.957. The van der Waals surface area contributed by atoms with E-state index in [-0.39, 0.29) is 5.75 Å². The molecule has 0 aliphatic carbocycles. The highest BCUT2D eigenvalue weighted by Gasteiger charge is 2.09. The lowest BCUT2D eigenvalue weighted by Crippen LogP contribution is -2.20. The number of sulfonamides is 1. The normalized spacial score (nSPS) is 11.8. The molecule has 0 bridgehead atoms. The van der Waals surface area contributed by atoms with E-state index in [4.69, 9.17) is 0 Å². The summed E-state index contributed by atoms with van der Waals surface area (Å²) < 4.78 is 26.1. The standard InChI is InChI=1S/C9H20NO2S/c1-3-5-7-8-10-13(11,12)9-6-4-2/h3-9H2,1-2H3. The molecular formula is C9H20NO2S. The molecule has 0 saturated carbocycles. The number of unbranched alkanes of at least 4 members (excludes halogenated alkanes) is 3. The van der Waals surface area contributed by atoms with Crippen LogP contribution in [0, 0.1) is 0 Å². The van der Waals surface area contributed by atoms with Crippen LogP contribution in [0.1, 0.15) is 46.0 Å². The third-order valence-corrected chi connectivity index (χ3v) is 3.19. The first-order chi connectivity index (χ1) is 6.12. The first kappa shape index (κ1) is 12.9. The van der Waals surface area contributed by atoms with Gasteiger partial charge in [0.25, 0.3) is 0 Å². The molecule has 0 heterocycles. The van der Waals surface area contributed by atoms with Gasteiger partial charge in [0, 0.05) is 6.54 Å². The molecule has 0 aromatic rings. The van der Waals surface area contributed by atoms with Crippen molar-refractivity contribution in [3.8, 4) is 0 Å². The quantitative estimate of drug-likeness (QED) is 0.570. The molecule has 0 saturated heterocycles. The molecule has 3 nitrogen and oxygen atoms in total. The van der Waals surface area contributed by atoms with Crippen molar-refractivity contribution in [2.75, 3.05) is 12.3 Å². The van der Waals surface area contributed by atoms with Gasteiger partial charge in [-0.3, -0.25) is 0 Å². The minimum absolute atomic E-state index is 0.218. The summed E-state index contributed by atoms with van der Waals surface area (Å²) in [5, 5.41) is 0. The smallest absolute Gasteiger partial charge is 0.211 e. The molecule has 79 valence electrons. The van der Waals surface area contributed by atoms with Gasteiger partial charge in [-0.15, -0.1) is 4.72 Å². The summed E-state index contributed by atoms with van der Waals surface area (Å²) in [6, 6.07) is 0. The van der Waals surface area contributed by atoms with Crippen LogP contribution < -0.4 is 4.72 Å². The fraction of sp³-hybridized carbons (Fsp3) is 1.00. The van der Waals surface area contributed by atoms with E-state index >= 15 is 0 Å². The van der Waals surface area contributed by atoms with E-state index in [9.17, 15) is 8.42 Å². The Balaban J connectivity index is 3.52. The maximum atomic E-state index is 11.2. The van der Waals surface area contributed by atoms with E-state index in [0.717, 1.165) is 32.1 Å². The van der Waals surface area contributed by atoms with Gasteiger partial charge in [-0.25, -0.2) is 8.42 Å². The Hall–Kier alpha value is -0.0900. The largest absolute Gasteiger partial charge is 0.227 e. The third kappa shape index (κ3) is 8.25. The van der Waals surface area contributed by atoms with E-state index in [2.05, 4.69) is 11.6 Å². The molecule has 0 aromatic heterocycles. The Kier molecular flexibility index (Phi) is 7.28. The van der Waals surface area contributed by atoms with Gasteiger partial charge in [0.1, 0.15) is 0 Å². The van der Waals surface area contributed by atoms with E-state index < -0.39 is 10.0 Å². The van der Waals surface area contributed by atoms with E-state index in [1.54, 1.807) is 0 Å². The van der Waals surface area contributed by atoms with E-state index in [1.165, 1.54) is 0 Å². The molecule has 0 atom stereocenters. The fourth-order valence-corrected chi connectivity index (χ4v) is 2.15. The second-order valence-electron chi connectivity index (χ2n) is 3.20. The minimum Gasteiger partial charge on any atom is -0.211 e. The lowest BCUT2D eigenvalue weighted by molar-refractivity contribution is 0.571. The van der Waals surface area contributed by atoms with Gasteiger partial charge in [0.15, 0.2) is 0 Å². The topological polar surface area (TPSA) is 48.2 Å². The SMILES string of the molecule is CCCCC[N]S(=O)(=O)CCCC. The van der Waals surface area contributed by atoms with Crippen molar-refractivity contribution in [1.29, 1.82) is 0 Å². The molecule has 13 heavy (non-hydrogen) atoms. The molecule has 0 unspecified atom stereocenters. The Morgan fingerprint density at radius 1 is 1.00 bits per heavy atom. The second-order valence-corrected chi connectivity index (χ2v) is 5.03. The number of hydrogen-bond acceptors (Lipinski definition) is 2. The van der Waals surface area contributed by atoms with Crippen molar-refractivity contribution in [2.45, 2.75) is 46.0 Å². The Labute approximate surface area is 82.0 Å². The van der Waals surface area contributed by atoms with Crippen LogP contribution in [0.15, 0.2) is 0 Å². The van der Waals surface area contributed by atoms with Crippen molar-refractivity contribution < 1.29 is 8.42 Å². The number of rotatable bonds is 8. The predicted octanol–water partition coefficient (Wildman–Crippen LogP) is 1.91. The first-order valence-electron chi connectivity index (χ1n) is 5.04. The van der Waals surface area contributed by atoms with Gasteiger partial charge < -0.3 is 0 Å².